The van der Waals surface area contributed by atoms with Crippen LogP contribution in [-0.4, -0.2) is 32.3 Å². The highest BCUT2D eigenvalue weighted by molar-refractivity contribution is 7.91. The second kappa shape index (κ2) is 2.91. The van der Waals surface area contributed by atoms with E-state index in [1.165, 1.54) is 0 Å². The molecule has 0 aromatic heterocycles. The number of nitrogens with two attached hydrogens (primary N) is 1. The van der Waals surface area contributed by atoms with Gasteiger partial charge >= 0.3 is 0 Å². The highest BCUT2D eigenvalue weighted by Gasteiger charge is 2.34. The quantitative estimate of drug-likeness (QED) is 0.546. The number of rotatable bonds is 2. The van der Waals surface area contributed by atoms with Crippen LogP contribution < -0.4 is 5.73 Å². The van der Waals surface area contributed by atoms with E-state index in [0.29, 0.717) is 0 Å². The lowest BCUT2D eigenvalue weighted by molar-refractivity contribution is -0.108. The molecule has 0 amide bonds. The Morgan fingerprint density at radius 1 is 1.45 bits per heavy atom. The summed E-state index contributed by atoms with van der Waals surface area (Å²) in [7, 11) is -2.95. The standard InChI is InChI=1S/C6H11NO3S/c7-6-4-11(9,10)3-5(6)1-2-8/h2,5-6H,1,3-4,7H2. The number of carbonyl (C=O) groups is 1. The predicted molar refractivity (Wildman–Crippen MR) is 40.8 cm³/mol. The number of hydrogen-bond acceptors (Lipinski definition) is 4. The van der Waals surface area contributed by atoms with E-state index in [4.69, 9.17) is 5.73 Å². The number of carbonyl (C=O) groups excluding carboxylic acids is 1. The van der Waals surface area contributed by atoms with Crippen molar-refractivity contribution in [2.75, 3.05) is 11.5 Å². The van der Waals surface area contributed by atoms with E-state index in [1.54, 1.807) is 0 Å². The van der Waals surface area contributed by atoms with E-state index in [-0.39, 0.29) is 29.9 Å². The predicted octanol–water partition coefficient (Wildman–Crippen LogP) is -1.05. The maximum absolute atomic E-state index is 10.9. The third-order valence-corrected chi connectivity index (χ3v) is 3.75. The largest absolute Gasteiger partial charge is 0.326 e. The van der Waals surface area contributed by atoms with Crippen LogP contribution >= 0.6 is 0 Å². The van der Waals surface area contributed by atoms with Crippen molar-refractivity contribution in [3.63, 3.8) is 0 Å². The number of sulfone groups is 1. The molecule has 0 bridgehead atoms. The molecule has 2 N–H and O–H groups in total. The zero-order valence-corrected chi connectivity index (χ0v) is 6.88. The third kappa shape index (κ3) is 2.00. The van der Waals surface area contributed by atoms with Gasteiger partial charge in [0.25, 0.3) is 0 Å². The lowest BCUT2D eigenvalue weighted by atomic mass is 10.0. The number of aldehydes is 1. The minimum Gasteiger partial charge on any atom is -0.326 e. The molecule has 5 heteroatoms. The molecule has 2 atom stereocenters. The molecule has 4 nitrogen and oxygen atoms in total. The fraction of sp³-hybridized carbons (Fsp3) is 0.833. The van der Waals surface area contributed by atoms with Crippen LogP contribution in [0, 0.1) is 5.92 Å². The Labute approximate surface area is 65.7 Å². The topological polar surface area (TPSA) is 77.2 Å². The van der Waals surface area contributed by atoms with Crippen LogP contribution in [0.15, 0.2) is 0 Å². The first-order valence-corrected chi connectivity index (χ1v) is 5.27. The fourth-order valence-electron chi connectivity index (χ4n) is 1.31. The van der Waals surface area contributed by atoms with Gasteiger partial charge in [0.2, 0.25) is 0 Å². The van der Waals surface area contributed by atoms with Gasteiger partial charge in [-0.05, 0) is 5.92 Å². The molecule has 0 aromatic rings. The minimum absolute atomic E-state index is 0.0332. The monoisotopic (exact) mass is 177 g/mol. The Balaban J connectivity index is 2.66. The van der Waals surface area contributed by atoms with E-state index in [2.05, 4.69) is 0 Å². The van der Waals surface area contributed by atoms with Gasteiger partial charge in [-0.3, -0.25) is 0 Å². The molecule has 1 heterocycles. The van der Waals surface area contributed by atoms with Gasteiger partial charge in [-0.15, -0.1) is 0 Å². The van der Waals surface area contributed by atoms with Gasteiger partial charge in [0, 0.05) is 12.5 Å². The van der Waals surface area contributed by atoms with Gasteiger partial charge in [-0.2, -0.15) is 0 Å². The molecule has 0 aliphatic carbocycles. The summed E-state index contributed by atoms with van der Waals surface area (Å²) in [5, 5.41) is 0. The summed E-state index contributed by atoms with van der Waals surface area (Å²) in [6.07, 6.45) is 0.992. The van der Waals surface area contributed by atoms with Crippen molar-refractivity contribution in [2.45, 2.75) is 12.5 Å². The zero-order valence-electron chi connectivity index (χ0n) is 6.06. The minimum atomic E-state index is -2.95. The first-order chi connectivity index (χ1) is 5.05. The Morgan fingerprint density at radius 3 is 2.45 bits per heavy atom. The van der Waals surface area contributed by atoms with Crippen molar-refractivity contribution in [3.05, 3.63) is 0 Å². The van der Waals surface area contributed by atoms with Crippen LogP contribution in [0.4, 0.5) is 0 Å². The van der Waals surface area contributed by atoms with E-state index in [9.17, 15) is 13.2 Å². The Hall–Kier alpha value is -0.420. The summed E-state index contributed by atoms with van der Waals surface area (Å²) in [5.74, 6) is -0.0456. The molecule has 0 saturated carbocycles. The van der Waals surface area contributed by atoms with Crippen LogP contribution in [0.5, 0.6) is 0 Å². The molecule has 0 radical (unpaired) electrons. The third-order valence-electron chi connectivity index (χ3n) is 1.92. The lowest BCUT2D eigenvalue weighted by Crippen LogP contribution is -2.28. The summed E-state index contributed by atoms with van der Waals surface area (Å²) in [4.78, 5) is 10.1. The first-order valence-electron chi connectivity index (χ1n) is 3.45. The smallest absolute Gasteiger partial charge is 0.152 e. The zero-order chi connectivity index (χ0) is 8.48. The molecule has 1 fully saturated rings. The molecule has 11 heavy (non-hydrogen) atoms. The van der Waals surface area contributed by atoms with Crippen molar-refractivity contribution >= 4 is 16.1 Å². The van der Waals surface area contributed by atoms with E-state index in [1.807, 2.05) is 0 Å². The summed E-state index contributed by atoms with van der Waals surface area (Å²) in [6.45, 7) is 0. The molecule has 1 aliphatic heterocycles. The van der Waals surface area contributed by atoms with Crippen molar-refractivity contribution < 1.29 is 13.2 Å². The fourth-order valence-corrected chi connectivity index (χ4v) is 3.34. The van der Waals surface area contributed by atoms with E-state index < -0.39 is 9.84 Å². The van der Waals surface area contributed by atoms with E-state index in [0.717, 1.165) is 6.29 Å². The van der Waals surface area contributed by atoms with Gasteiger partial charge in [-0.1, -0.05) is 0 Å². The normalized spacial score (nSPS) is 35.4. The molecule has 1 aliphatic rings. The second-order valence-electron chi connectivity index (χ2n) is 2.90. The second-order valence-corrected chi connectivity index (χ2v) is 5.06. The molecular formula is C6H11NO3S. The molecule has 0 spiro atoms. The van der Waals surface area contributed by atoms with Gasteiger partial charge in [-0.25, -0.2) is 8.42 Å². The van der Waals surface area contributed by atoms with Gasteiger partial charge < -0.3 is 10.5 Å². The molecular weight excluding hydrogens is 166 g/mol. The van der Waals surface area contributed by atoms with Crippen molar-refractivity contribution in [3.8, 4) is 0 Å². The molecule has 1 saturated heterocycles. The van der Waals surface area contributed by atoms with Crippen molar-refractivity contribution in [2.24, 2.45) is 11.7 Å². The van der Waals surface area contributed by atoms with Gasteiger partial charge in [0.1, 0.15) is 6.29 Å². The van der Waals surface area contributed by atoms with Crippen LogP contribution in [-0.2, 0) is 14.6 Å². The van der Waals surface area contributed by atoms with E-state index >= 15 is 0 Å². The van der Waals surface area contributed by atoms with Crippen LogP contribution in [0.25, 0.3) is 0 Å². The maximum atomic E-state index is 10.9. The average molecular weight is 177 g/mol. The summed E-state index contributed by atoms with van der Waals surface area (Å²) in [6, 6.07) is -0.342. The van der Waals surface area contributed by atoms with Crippen LogP contribution in [0.1, 0.15) is 6.42 Å². The Morgan fingerprint density at radius 2 is 2.09 bits per heavy atom. The number of hydrogen-bond donors (Lipinski definition) is 1. The van der Waals surface area contributed by atoms with Crippen molar-refractivity contribution in [1.29, 1.82) is 0 Å². The molecule has 2 unspecified atom stereocenters. The maximum Gasteiger partial charge on any atom is 0.152 e. The summed E-state index contributed by atoms with van der Waals surface area (Å²) >= 11 is 0. The Kier molecular flexibility index (Phi) is 2.29. The molecule has 64 valence electrons. The first kappa shape index (κ1) is 8.67. The summed E-state index contributed by atoms with van der Waals surface area (Å²) in [5.41, 5.74) is 5.50. The van der Waals surface area contributed by atoms with Gasteiger partial charge in [0.05, 0.1) is 11.5 Å². The van der Waals surface area contributed by atoms with Crippen LogP contribution in [0.2, 0.25) is 0 Å². The summed E-state index contributed by atoms with van der Waals surface area (Å²) < 4.78 is 21.9. The molecule has 0 aromatic carbocycles. The SMILES string of the molecule is NC1CS(=O)(=O)CC1CC=O. The lowest BCUT2D eigenvalue weighted by Gasteiger charge is -2.07. The van der Waals surface area contributed by atoms with Crippen molar-refractivity contribution in [1.82, 2.24) is 0 Å². The Bertz CT molecular complexity index is 247. The van der Waals surface area contributed by atoms with Crippen LogP contribution in [0.3, 0.4) is 0 Å². The highest BCUT2D eigenvalue weighted by Crippen LogP contribution is 2.19. The highest BCUT2D eigenvalue weighted by atomic mass is 32.2. The van der Waals surface area contributed by atoms with Gasteiger partial charge in [0.15, 0.2) is 9.84 Å². The molecule has 1 rings (SSSR count). The average Bonchev–Trinajstić information content (AvgIpc) is 2.07.